The van der Waals surface area contributed by atoms with Crippen LogP contribution in [0.5, 0.6) is 0 Å². The maximum absolute atomic E-state index is 11.5. The van der Waals surface area contributed by atoms with E-state index in [1.807, 2.05) is 6.92 Å². The van der Waals surface area contributed by atoms with Gasteiger partial charge in [0.15, 0.2) is 0 Å². The molecule has 0 aromatic carbocycles. The lowest BCUT2D eigenvalue weighted by molar-refractivity contribution is -0.124. The van der Waals surface area contributed by atoms with Crippen molar-refractivity contribution >= 4 is 5.91 Å². The number of amides is 1. The average Bonchev–Trinajstić information content (AvgIpc) is 2.35. The van der Waals surface area contributed by atoms with Crippen molar-refractivity contribution in [2.45, 2.75) is 77.9 Å². The van der Waals surface area contributed by atoms with E-state index in [4.69, 9.17) is 10.5 Å². The average molecular weight is 272 g/mol. The van der Waals surface area contributed by atoms with Gasteiger partial charge in [-0.05, 0) is 59.4 Å². The smallest absolute Gasteiger partial charge is 0.237 e. The highest BCUT2D eigenvalue weighted by Crippen LogP contribution is 2.17. The van der Waals surface area contributed by atoms with E-state index in [0.29, 0.717) is 0 Å². The van der Waals surface area contributed by atoms with Crippen LogP contribution in [0.2, 0.25) is 0 Å². The van der Waals surface area contributed by atoms with E-state index in [1.54, 1.807) is 0 Å². The second-order valence-corrected chi connectivity index (χ2v) is 6.04. The van der Waals surface area contributed by atoms with Crippen LogP contribution in [-0.2, 0) is 9.53 Å². The first-order chi connectivity index (χ1) is 8.77. The van der Waals surface area contributed by atoms with Gasteiger partial charge in [0.1, 0.15) is 0 Å². The van der Waals surface area contributed by atoms with E-state index >= 15 is 0 Å². The highest BCUT2D eigenvalue weighted by Gasteiger charge is 2.29. The molecule has 0 fully saturated rings. The first-order valence-corrected chi connectivity index (χ1v) is 7.46. The van der Waals surface area contributed by atoms with Gasteiger partial charge < -0.3 is 15.8 Å². The van der Waals surface area contributed by atoms with Gasteiger partial charge in [0.25, 0.3) is 0 Å². The van der Waals surface area contributed by atoms with Crippen molar-refractivity contribution in [3.63, 3.8) is 0 Å². The molecule has 0 heterocycles. The van der Waals surface area contributed by atoms with Gasteiger partial charge in [-0.3, -0.25) is 4.79 Å². The third-order valence-corrected chi connectivity index (χ3v) is 3.72. The molecule has 0 bridgehead atoms. The topological polar surface area (TPSA) is 64.3 Å². The van der Waals surface area contributed by atoms with Crippen LogP contribution in [-0.4, -0.2) is 30.2 Å². The highest BCUT2D eigenvalue weighted by atomic mass is 16.5. The summed E-state index contributed by atoms with van der Waals surface area (Å²) in [5.74, 6) is -0.268. The van der Waals surface area contributed by atoms with Crippen molar-refractivity contribution in [1.82, 2.24) is 5.32 Å². The first-order valence-electron chi connectivity index (χ1n) is 7.46. The molecule has 0 aliphatic heterocycles. The summed E-state index contributed by atoms with van der Waals surface area (Å²) in [6.45, 7) is 11.9. The molecule has 114 valence electrons. The second kappa shape index (κ2) is 8.54. The van der Waals surface area contributed by atoms with Gasteiger partial charge in [0.2, 0.25) is 5.91 Å². The summed E-state index contributed by atoms with van der Waals surface area (Å²) in [6, 6.07) is 0. The number of hydrogen-bond donors (Lipinski definition) is 2. The minimum atomic E-state index is -0.587. The van der Waals surface area contributed by atoms with Crippen molar-refractivity contribution in [3.05, 3.63) is 0 Å². The van der Waals surface area contributed by atoms with Crippen molar-refractivity contribution in [3.8, 4) is 0 Å². The molecular weight excluding hydrogens is 240 g/mol. The normalized spacial score (nSPS) is 15.2. The van der Waals surface area contributed by atoms with Gasteiger partial charge in [-0.1, -0.05) is 13.8 Å². The van der Waals surface area contributed by atoms with Crippen LogP contribution in [0.4, 0.5) is 0 Å². The van der Waals surface area contributed by atoms with Crippen LogP contribution < -0.4 is 11.1 Å². The van der Waals surface area contributed by atoms with Crippen molar-refractivity contribution in [2.75, 3.05) is 13.2 Å². The van der Waals surface area contributed by atoms with Gasteiger partial charge in [-0.25, -0.2) is 0 Å². The molecule has 0 aliphatic carbocycles. The van der Waals surface area contributed by atoms with Crippen molar-refractivity contribution in [2.24, 2.45) is 5.73 Å². The number of nitrogens with two attached hydrogens (primary N) is 1. The molecule has 4 heteroatoms. The predicted molar refractivity (Wildman–Crippen MR) is 80.1 cm³/mol. The maximum atomic E-state index is 11.5. The van der Waals surface area contributed by atoms with Gasteiger partial charge in [-0.15, -0.1) is 0 Å². The van der Waals surface area contributed by atoms with Crippen LogP contribution in [0, 0.1) is 0 Å². The number of unbranched alkanes of at least 4 members (excludes halogenated alkanes) is 1. The van der Waals surface area contributed by atoms with Crippen LogP contribution in [0.25, 0.3) is 0 Å². The lowest BCUT2D eigenvalue weighted by atomic mass is 9.94. The zero-order chi connectivity index (χ0) is 14.9. The molecule has 4 nitrogen and oxygen atoms in total. The van der Waals surface area contributed by atoms with Gasteiger partial charge in [0, 0.05) is 6.61 Å². The summed E-state index contributed by atoms with van der Waals surface area (Å²) in [5.41, 5.74) is 4.85. The molecule has 0 saturated carbocycles. The number of primary amides is 1. The number of carbonyl (C=O) groups excluding carboxylic acids is 1. The molecule has 0 aromatic heterocycles. The molecule has 3 N–H and O–H groups in total. The third kappa shape index (κ3) is 7.53. The molecule has 0 aliphatic rings. The van der Waals surface area contributed by atoms with Crippen molar-refractivity contribution < 1.29 is 9.53 Å². The summed E-state index contributed by atoms with van der Waals surface area (Å²) in [4.78, 5) is 11.5. The van der Waals surface area contributed by atoms with Crippen LogP contribution in [0.1, 0.15) is 66.7 Å². The Hall–Kier alpha value is -0.610. The summed E-state index contributed by atoms with van der Waals surface area (Å²) < 4.78 is 5.80. The van der Waals surface area contributed by atoms with Crippen LogP contribution in [0.15, 0.2) is 0 Å². The summed E-state index contributed by atoms with van der Waals surface area (Å²) in [7, 11) is 0. The Morgan fingerprint density at radius 2 is 1.84 bits per heavy atom. The molecule has 0 saturated heterocycles. The van der Waals surface area contributed by atoms with Gasteiger partial charge in [-0.2, -0.15) is 0 Å². The van der Waals surface area contributed by atoms with E-state index in [-0.39, 0.29) is 11.5 Å². The Bertz CT molecular complexity index is 267. The molecule has 1 atom stereocenters. The Balaban J connectivity index is 3.98. The fourth-order valence-electron chi connectivity index (χ4n) is 1.73. The summed E-state index contributed by atoms with van der Waals surface area (Å²) in [6.07, 6.45) is 4.66. The largest absolute Gasteiger partial charge is 0.376 e. The quantitative estimate of drug-likeness (QED) is 0.568. The van der Waals surface area contributed by atoms with E-state index in [9.17, 15) is 4.79 Å². The number of rotatable bonds is 11. The third-order valence-electron chi connectivity index (χ3n) is 3.72. The van der Waals surface area contributed by atoms with Crippen LogP contribution in [0.3, 0.4) is 0 Å². The molecule has 0 rings (SSSR count). The SMILES string of the molecule is CCCNC(C)(CCCCOC(C)(C)CC)C(N)=O. The highest BCUT2D eigenvalue weighted by molar-refractivity contribution is 5.84. The molecule has 0 radical (unpaired) electrons. The monoisotopic (exact) mass is 272 g/mol. The predicted octanol–water partition coefficient (Wildman–Crippen LogP) is 2.61. The lowest BCUT2D eigenvalue weighted by Crippen LogP contribution is -2.53. The number of ether oxygens (including phenoxy) is 1. The standard InChI is InChI=1S/C15H32N2O2/c1-6-11-17-15(5,13(16)18)10-8-9-12-19-14(3,4)7-2/h17H,6-12H2,1-5H3,(H2,16,18). The summed E-state index contributed by atoms with van der Waals surface area (Å²) in [5, 5.41) is 3.25. The van der Waals surface area contributed by atoms with Crippen molar-refractivity contribution in [1.29, 1.82) is 0 Å². The Morgan fingerprint density at radius 3 is 2.32 bits per heavy atom. The number of carbonyl (C=O) groups is 1. The molecule has 1 unspecified atom stereocenters. The molecule has 1 amide bonds. The second-order valence-electron chi connectivity index (χ2n) is 6.04. The molecular formula is C15H32N2O2. The minimum absolute atomic E-state index is 0.0482. The zero-order valence-electron chi connectivity index (χ0n) is 13.3. The van der Waals surface area contributed by atoms with Gasteiger partial charge >= 0.3 is 0 Å². The van der Waals surface area contributed by atoms with E-state index in [0.717, 1.165) is 45.3 Å². The minimum Gasteiger partial charge on any atom is -0.376 e. The van der Waals surface area contributed by atoms with E-state index in [1.165, 1.54) is 0 Å². The van der Waals surface area contributed by atoms with E-state index in [2.05, 4.69) is 33.0 Å². The molecule has 0 spiro atoms. The fourth-order valence-corrected chi connectivity index (χ4v) is 1.73. The molecule has 0 aromatic rings. The Kier molecular flexibility index (Phi) is 8.26. The van der Waals surface area contributed by atoms with E-state index < -0.39 is 5.54 Å². The Morgan fingerprint density at radius 1 is 1.21 bits per heavy atom. The molecule has 19 heavy (non-hydrogen) atoms. The first kappa shape index (κ1) is 18.4. The number of nitrogens with one attached hydrogen (secondary N) is 1. The maximum Gasteiger partial charge on any atom is 0.237 e. The lowest BCUT2D eigenvalue weighted by Gasteiger charge is -2.28. The Labute approximate surface area is 118 Å². The van der Waals surface area contributed by atoms with Gasteiger partial charge in [0.05, 0.1) is 11.1 Å². The summed E-state index contributed by atoms with van der Waals surface area (Å²) >= 11 is 0. The zero-order valence-corrected chi connectivity index (χ0v) is 13.3. The fraction of sp³-hybridized carbons (Fsp3) is 0.933. The van der Waals surface area contributed by atoms with Crippen LogP contribution >= 0.6 is 0 Å². The number of hydrogen-bond acceptors (Lipinski definition) is 3.